The van der Waals surface area contributed by atoms with Crippen LogP contribution in [0.3, 0.4) is 0 Å². The molecule has 1 aromatic rings. The maximum atomic E-state index is 10.9. The Balaban J connectivity index is 2.51. The van der Waals surface area contributed by atoms with Crippen LogP contribution in [0.5, 0.6) is 0 Å². The van der Waals surface area contributed by atoms with E-state index in [1.165, 1.54) is 0 Å². The predicted octanol–water partition coefficient (Wildman–Crippen LogP) is 1.25. The highest BCUT2D eigenvalue weighted by molar-refractivity contribution is 5.73. The summed E-state index contributed by atoms with van der Waals surface area (Å²) in [4.78, 5) is 15.0. The predicted molar refractivity (Wildman–Crippen MR) is 61.1 cm³/mol. The van der Waals surface area contributed by atoms with Crippen molar-refractivity contribution in [2.24, 2.45) is 0 Å². The third kappa shape index (κ3) is 3.34. The average Bonchev–Trinajstić information content (AvgIpc) is 2.71. The fraction of sp³-hybridized carbons (Fsp3) is 0.636. The van der Waals surface area contributed by atoms with E-state index in [2.05, 4.69) is 10.3 Å². The lowest BCUT2D eigenvalue weighted by Gasteiger charge is -2.13. The van der Waals surface area contributed by atoms with Gasteiger partial charge < -0.3 is 9.67 Å². The molecule has 1 rings (SSSR count). The second kappa shape index (κ2) is 6.27. The molecule has 0 aliphatic rings. The lowest BCUT2D eigenvalue weighted by atomic mass is 10.1. The van der Waals surface area contributed by atoms with Crippen LogP contribution >= 0.6 is 0 Å². The van der Waals surface area contributed by atoms with Gasteiger partial charge in [-0.1, -0.05) is 13.3 Å². The molecule has 0 amide bonds. The fourth-order valence-corrected chi connectivity index (χ4v) is 1.61. The van der Waals surface area contributed by atoms with Gasteiger partial charge in [-0.05, 0) is 13.3 Å². The molecule has 1 atom stereocenters. The van der Waals surface area contributed by atoms with Crippen molar-refractivity contribution in [3.8, 4) is 0 Å². The molecule has 0 bridgehead atoms. The van der Waals surface area contributed by atoms with Crippen molar-refractivity contribution in [1.82, 2.24) is 14.9 Å². The summed E-state index contributed by atoms with van der Waals surface area (Å²) in [6.07, 6.45) is 5.03. The molecule has 2 N–H and O–H groups in total. The molecule has 0 saturated heterocycles. The lowest BCUT2D eigenvalue weighted by Crippen LogP contribution is -2.36. The van der Waals surface area contributed by atoms with Gasteiger partial charge in [-0.25, -0.2) is 4.98 Å². The van der Waals surface area contributed by atoms with Crippen LogP contribution in [0.2, 0.25) is 0 Å². The summed E-state index contributed by atoms with van der Waals surface area (Å²) in [5.41, 5.74) is 1.02. The van der Waals surface area contributed by atoms with Gasteiger partial charge >= 0.3 is 5.97 Å². The van der Waals surface area contributed by atoms with Crippen LogP contribution in [-0.4, -0.2) is 26.7 Å². The number of imidazole rings is 1. The Hall–Kier alpha value is -1.36. The minimum absolute atomic E-state index is 0.467. The van der Waals surface area contributed by atoms with Crippen LogP contribution in [0.1, 0.15) is 32.4 Å². The molecule has 0 aliphatic heterocycles. The van der Waals surface area contributed by atoms with Gasteiger partial charge in [0.1, 0.15) is 6.04 Å². The van der Waals surface area contributed by atoms with E-state index in [0.29, 0.717) is 13.0 Å². The molecular weight excluding hydrogens is 206 g/mol. The normalized spacial score (nSPS) is 12.6. The molecule has 1 aromatic heterocycles. The molecule has 16 heavy (non-hydrogen) atoms. The van der Waals surface area contributed by atoms with E-state index in [4.69, 9.17) is 5.11 Å². The Morgan fingerprint density at radius 2 is 2.38 bits per heavy atom. The zero-order chi connectivity index (χ0) is 12.0. The number of carbonyl (C=O) groups is 1. The largest absolute Gasteiger partial charge is 0.480 e. The van der Waals surface area contributed by atoms with Gasteiger partial charge in [0.2, 0.25) is 0 Å². The van der Waals surface area contributed by atoms with Gasteiger partial charge in [-0.15, -0.1) is 0 Å². The molecule has 0 radical (unpaired) electrons. The maximum absolute atomic E-state index is 10.9. The summed E-state index contributed by atoms with van der Waals surface area (Å²) in [6.45, 7) is 5.41. The molecule has 5 heteroatoms. The quantitative estimate of drug-likeness (QED) is 0.732. The highest BCUT2D eigenvalue weighted by Crippen LogP contribution is 2.02. The van der Waals surface area contributed by atoms with Gasteiger partial charge in [0, 0.05) is 19.3 Å². The molecule has 5 nitrogen and oxygen atoms in total. The van der Waals surface area contributed by atoms with Crippen LogP contribution in [0, 0.1) is 0 Å². The summed E-state index contributed by atoms with van der Waals surface area (Å²) in [6, 6.07) is -0.467. The van der Waals surface area contributed by atoms with Crippen molar-refractivity contribution >= 4 is 5.97 Å². The number of carboxylic acid groups (broad SMARTS) is 1. The summed E-state index contributed by atoms with van der Waals surface area (Å²) in [5, 5.41) is 12.0. The molecule has 0 fully saturated rings. The van der Waals surface area contributed by atoms with Crippen LogP contribution in [0.4, 0.5) is 0 Å². The van der Waals surface area contributed by atoms with Gasteiger partial charge in [0.05, 0.1) is 12.0 Å². The first kappa shape index (κ1) is 12.7. The standard InChI is InChI=1S/C11H19N3O2/c1-3-5-10(11(15)16)13-7-9-6-12-8-14(9)4-2/h6,8,10,13H,3-5,7H2,1-2H3,(H,15,16). The number of carboxylic acids is 1. The number of aromatic nitrogens is 2. The molecule has 0 saturated carbocycles. The van der Waals surface area contributed by atoms with Crippen LogP contribution in [0.15, 0.2) is 12.5 Å². The van der Waals surface area contributed by atoms with E-state index in [0.717, 1.165) is 18.7 Å². The zero-order valence-corrected chi connectivity index (χ0v) is 9.81. The summed E-state index contributed by atoms with van der Waals surface area (Å²) >= 11 is 0. The smallest absolute Gasteiger partial charge is 0.320 e. The minimum Gasteiger partial charge on any atom is -0.480 e. The Morgan fingerprint density at radius 1 is 1.62 bits per heavy atom. The highest BCUT2D eigenvalue weighted by Gasteiger charge is 2.15. The number of hydrogen-bond donors (Lipinski definition) is 2. The van der Waals surface area contributed by atoms with Crippen molar-refractivity contribution in [1.29, 1.82) is 0 Å². The van der Waals surface area contributed by atoms with Crippen molar-refractivity contribution in [2.75, 3.05) is 0 Å². The maximum Gasteiger partial charge on any atom is 0.320 e. The molecular formula is C11H19N3O2. The fourth-order valence-electron chi connectivity index (χ4n) is 1.61. The van der Waals surface area contributed by atoms with E-state index in [-0.39, 0.29) is 0 Å². The molecule has 90 valence electrons. The number of aryl methyl sites for hydroxylation is 1. The summed E-state index contributed by atoms with van der Waals surface area (Å²) in [5.74, 6) is -0.788. The Morgan fingerprint density at radius 3 is 2.94 bits per heavy atom. The van der Waals surface area contributed by atoms with Crippen molar-refractivity contribution in [2.45, 2.75) is 45.8 Å². The molecule has 1 heterocycles. The second-order valence-electron chi connectivity index (χ2n) is 3.73. The molecule has 0 spiro atoms. The third-order valence-corrected chi connectivity index (χ3v) is 2.54. The first-order valence-electron chi connectivity index (χ1n) is 5.64. The Bertz CT molecular complexity index is 336. The topological polar surface area (TPSA) is 67.2 Å². The van der Waals surface area contributed by atoms with Crippen LogP contribution in [0.25, 0.3) is 0 Å². The lowest BCUT2D eigenvalue weighted by molar-refractivity contribution is -0.139. The van der Waals surface area contributed by atoms with E-state index in [1.54, 1.807) is 12.5 Å². The van der Waals surface area contributed by atoms with Gasteiger partial charge in [-0.2, -0.15) is 0 Å². The van der Waals surface area contributed by atoms with Gasteiger partial charge in [0.15, 0.2) is 0 Å². The first-order valence-corrected chi connectivity index (χ1v) is 5.64. The number of rotatable bonds is 7. The van der Waals surface area contributed by atoms with Crippen molar-refractivity contribution in [3.63, 3.8) is 0 Å². The van der Waals surface area contributed by atoms with Gasteiger partial charge in [0.25, 0.3) is 0 Å². The van der Waals surface area contributed by atoms with Crippen molar-refractivity contribution in [3.05, 3.63) is 18.2 Å². The summed E-state index contributed by atoms with van der Waals surface area (Å²) in [7, 11) is 0. The third-order valence-electron chi connectivity index (χ3n) is 2.54. The minimum atomic E-state index is -0.788. The SMILES string of the molecule is CCCC(NCc1cncn1CC)C(=O)O. The highest BCUT2D eigenvalue weighted by atomic mass is 16.4. The van der Waals surface area contributed by atoms with Crippen LogP contribution < -0.4 is 5.32 Å². The number of nitrogens with zero attached hydrogens (tertiary/aromatic N) is 2. The molecule has 1 unspecified atom stereocenters. The Kier molecular flexibility index (Phi) is 4.98. The average molecular weight is 225 g/mol. The number of nitrogens with one attached hydrogen (secondary N) is 1. The van der Waals surface area contributed by atoms with Crippen molar-refractivity contribution < 1.29 is 9.90 Å². The van der Waals surface area contributed by atoms with Crippen LogP contribution in [-0.2, 0) is 17.9 Å². The molecule has 0 aromatic carbocycles. The summed E-state index contributed by atoms with van der Waals surface area (Å²) < 4.78 is 2.00. The van der Waals surface area contributed by atoms with E-state index in [1.807, 2.05) is 18.4 Å². The number of aliphatic carboxylic acids is 1. The van der Waals surface area contributed by atoms with E-state index < -0.39 is 12.0 Å². The zero-order valence-electron chi connectivity index (χ0n) is 9.81. The van der Waals surface area contributed by atoms with E-state index in [9.17, 15) is 4.79 Å². The van der Waals surface area contributed by atoms with Gasteiger partial charge in [-0.3, -0.25) is 10.1 Å². The number of hydrogen-bond acceptors (Lipinski definition) is 3. The second-order valence-corrected chi connectivity index (χ2v) is 3.73. The first-order chi connectivity index (χ1) is 7.69. The monoisotopic (exact) mass is 225 g/mol. The van der Waals surface area contributed by atoms with E-state index >= 15 is 0 Å². The molecule has 0 aliphatic carbocycles. The Labute approximate surface area is 95.5 Å².